The van der Waals surface area contributed by atoms with E-state index in [1.54, 1.807) is 42.3 Å². The zero-order valence-electron chi connectivity index (χ0n) is 13.5. The predicted molar refractivity (Wildman–Crippen MR) is 99.6 cm³/mol. The van der Waals surface area contributed by atoms with Crippen LogP contribution in [0.2, 0.25) is 4.34 Å². The number of hydrogen-bond donors (Lipinski definition) is 2. The topological polar surface area (TPSA) is 106 Å². The van der Waals surface area contributed by atoms with Crippen LogP contribution in [0.1, 0.15) is 0 Å². The van der Waals surface area contributed by atoms with Crippen LogP contribution in [0.4, 0.5) is 5.69 Å². The Balaban J connectivity index is 1.58. The molecule has 0 unspecified atom stereocenters. The standard InChI is InChI=1S/C15H14ClN5O3S2/c1-21-9-17-15(20-21)10-2-4-11(5-3-10)19-13(22)8-18-26(23,24)14-7-6-12(16)25-14/h2-7,9,18H,8H2,1H3,(H,19,22). The fourth-order valence-electron chi connectivity index (χ4n) is 2.05. The number of rotatable bonds is 6. The maximum atomic E-state index is 12.1. The van der Waals surface area contributed by atoms with Crippen molar-refractivity contribution in [2.45, 2.75) is 4.21 Å². The Hall–Kier alpha value is -2.27. The Kier molecular flexibility index (Phi) is 5.37. The van der Waals surface area contributed by atoms with Gasteiger partial charge in [0.2, 0.25) is 5.91 Å². The summed E-state index contributed by atoms with van der Waals surface area (Å²) in [5.41, 5.74) is 1.34. The largest absolute Gasteiger partial charge is 0.325 e. The Morgan fingerprint density at radius 2 is 1.96 bits per heavy atom. The second kappa shape index (κ2) is 7.54. The highest BCUT2D eigenvalue weighted by atomic mass is 35.5. The van der Waals surface area contributed by atoms with E-state index in [2.05, 4.69) is 20.1 Å². The van der Waals surface area contributed by atoms with Gasteiger partial charge >= 0.3 is 0 Å². The van der Waals surface area contributed by atoms with E-state index in [0.29, 0.717) is 15.8 Å². The van der Waals surface area contributed by atoms with E-state index in [-0.39, 0.29) is 10.8 Å². The molecular weight excluding hydrogens is 398 g/mol. The Labute approximate surface area is 158 Å². The Morgan fingerprint density at radius 1 is 1.23 bits per heavy atom. The number of carbonyl (C=O) groups excluding carboxylic acids is 1. The minimum Gasteiger partial charge on any atom is -0.325 e. The van der Waals surface area contributed by atoms with E-state index >= 15 is 0 Å². The fraction of sp³-hybridized carbons (Fsp3) is 0.133. The molecule has 1 aromatic carbocycles. The molecule has 0 aliphatic carbocycles. The maximum Gasteiger partial charge on any atom is 0.250 e. The number of halogens is 1. The SMILES string of the molecule is Cn1cnc(-c2ccc(NC(=O)CNS(=O)(=O)c3ccc(Cl)s3)cc2)n1. The zero-order valence-corrected chi connectivity index (χ0v) is 15.9. The van der Waals surface area contributed by atoms with Gasteiger partial charge in [0.1, 0.15) is 10.5 Å². The molecule has 0 aliphatic rings. The smallest absolute Gasteiger partial charge is 0.250 e. The molecule has 0 bridgehead atoms. The lowest BCUT2D eigenvalue weighted by Crippen LogP contribution is -2.32. The summed E-state index contributed by atoms with van der Waals surface area (Å²) in [5, 5.41) is 6.81. The third kappa shape index (κ3) is 4.47. The molecule has 0 radical (unpaired) electrons. The van der Waals surface area contributed by atoms with Crippen LogP contribution >= 0.6 is 22.9 Å². The van der Waals surface area contributed by atoms with Gasteiger partial charge in [0, 0.05) is 18.3 Å². The summed E-state index contributed by atoms with van der Waals surface area (Å²) in [5.74, 6) is 0.0904. The van der Waals surface area contributed by atoms with E-state index < -0.39 is 15.9 Å². The van der Waals surface area contributed by atoms with Crippen molar-refractivity contribution in [3.05, 3.63) is 47.1 Å². The van der Waals surface area contributed by atoms with Gasteiger partial charge in [-0.2, -0.15) is 5.10 Å². The molecule has 8 nitrogen and oxygen atoms in total. The molecule has 3 rings (SSSR count). The Morgan fingerprint density at radius 3 is 2.54 bits per heavy atom. The summed E-state index contributed by atoms with van der Waals surface area (Å²) >= 11 is 6.65. The number of nitrogens with one attached hydrogen (secondary N) is 2. The second-order valence-electron chi connectivity index (χ2n) is 5.25. The molecule has 0 atom stereocenters. The lowest BCUT2D eigenvalue weighted by Gasteiger charge is -2.07. The Bertz CT molecular complexity index is 1030. The van der Waals surface area contributed by atoms with Gasteiger partial charge in [-0.3, -0.25) is 9.48 Å². The minimum atomic E-state index is -3.76. The van der Waals surface area contributed by atoms with Crippen LogP contribution in [-0.2, 0) is 21.9 Å². The first kappa shape index (κ1) is 18.5. The van der Waals surface area contributed by atoms with Crippen molar-refractivity contribution in [1.29, 1.82) is 0 Å². The summed E-state index contributed by atoms with van der Waals surface area (Å²) in [6.07, 6.45) is 1.60. The number of nitrogens with zero attached hydrogens (tertiary/aromatic N) is 3. The van der Waals surface area contributed by atoms with Crippen molar-refractivity contribution in [3.63, 3.8) is 0 Å². The average molecular weight is 412 g/mol. The summed E-state index contributed by atoms with van der Waals surface area (Å²) < 4.78 is 28.4. The monoisotopic (exact) mass is 411 g/mol. The molecule has 2 N–H and O–H groups in total. The molecular formula is C15H14ClN5O3S2. The van der Waals surface area contributed by atoms with Crippen molar-refractivity contribution >= 4 is 44.6 Å². The third-order valence-corrected chi connectivity index (χ3v) is 6.39. The number of aromatic nitrogens is 3. The molecule has 3 aromatic rings. The molecule has 1 amide bonds. The lowest BCUT2D eigenvalue weighted by atomic mass is 10.2. The van der Waals surface area contributed by atoms with Gasteiger partial charge in [0.25, 0.3) is 10.0 Å². The van der Waals surface area contributed by atoms with Gasteiger partial charge in [-0.25, -0.2) is 18.1 Å². The van der Waals surface area contributed by atoms with Gasteiger partial charge in [-0.15, -0.1) is 11.3 Å². The highest BCUT2D eigenvalue weighted by Crippen LogP contribution is 2.25. The maximum absolute atomic E-state index is 12.1. The highest BCUT2D eigenvalue weighted by Gasteiger charge is 2.17. The van der Waals surface area contributed by atoms with E-state index in [1.807, 2.05) is 0 Å². The van der Waals surface area contributed by atoms with E-state index in [9.17, 15) is 13.2 Å². The first-order valence-corrected chi connectivity index (χ1v) is 10.0. The first-order chi connectivity index (χ1) is 12.3. The summed E-state index contributed by atoms with van der Waals surface area (Å²) in [7, 11) is -1.99. The number of thiophene rings is 1. The average Bonchev–Trinajstić information content (AvgIpc) is 3.23. The number of amides is 1. The number of carbonyl (C=O) groups is 1. The summed E-state index contributed by atoms with van der Waals surface area (Å²) in [6, 6.07) is 9.79. The summed E-state index contributed by atoms with van der Waals surface area (Å²) in [4.78, 5) is 16.1. The highest BCUT2D eigenvalue weighted by molar-refractivity contribution is 7.91. The van der Waals surface area contributed by atoms with Gasteiger partial charge < -0.3 is 5.32 Å². The number of sulfonamides is 1. The third-order valence-electron chi connectivity index (χ3n) is 3.26. The number of hydrogen-bond acceptors (Lipinski definition) is 6. The van der Waals surface area contributed by atoms with Gasteiger partial charge in [0.15, 0.2) is 5.82 Å². The molecule has 0 spiro atoms. The van der Waals surface area contributed by atoms with E-state index in [1.165, 1.54) is 12.1 Å². The first-order valence-electron chi connectivity index (χ1n) is 7.34. The van der Waals surface area contributed by atoms with Crippen LogP contribution in [0.5, 0.6) is 0 Å². The normalized spacial score (nSPS) is 11.5. The van der Waals surface area contributed by atoms with E-state index in [0.717, 1.165) is 16.9 Å². The molecule has 0 aliphatic heterocycles. The molecule has 136 valence electrons. The number of benzene rings is 1. The lowest BCUT2D eigenvalue weighted by molar-refractivity contribution is -0.115. The van der Waals surface area contributed by atoms with Crippen LogP contribution < -0.4 is 10.0 Å². The van der Waals surface area contributed by atoms with E-state index in [4.69, 9.17) is 11.6 Å². The molecule has 2 aromatic heterocycles. The molecule has 2 heterocycles. The molecule has 0 saturated carbocycles. The van der Waals surface area contributed by atoms with Crippen molar-refractivity contribution in [2.24, 2.45) is 7.05 Å². The molecule has 11 heteroatoms. The van der Waals surface area contributed by atoms with Crippen LogP contribution in [0.15, 0.2) is 46.9 Å². The van der Waals surface area contributed by atoms with Crippen molar-refractivity contribution in [2.75, 3.05) is 11.9 Å². The van der Waals surface area contributed by atoms with Crippen molar-refractivity contribution < 1.29 is 13.2 Å². The van der Waals surface area contributed by atoms with Gasteiger partial charge in [0.05, 0.1) is 10.9 Å². The van der Waals surface area contributed by atoms with Gasteiger partial charge in [-0.05, 0) is 36.4 Å². The van der Waals surface area contributed by atoms with Gasteiger partial charge in [-0.1, -0.05) is 11.6 Å². The van der Waals surface area contributed by atoms with Crippen LogP contribution in [0.25, 0.3) is 11.4 Å². The minimum absolute atomic E-state index is 0.0579. The molecule has 26 heavy (non-hydrogen) atoms. The predicted octanol–water partition coefficient (Wildman–Crippen LogP) is 2.11. The van der Waals surface area contributed by atoms with Crippen LogP contribution in [0, 0.1) is 0 Å². The molecule has 0 fully saturated rings. The second-order valence-corrected chi connectivity index (χ2v) is 8.96. The zero-order chi connectivity index (χ0) is 18.7. The fourth-order valence-corrected chi connectivity index (χ4v) is 4.56. The molecule has 0 saturated heterocycles. The number of aryl methyl sites for hydroxylation is 1. The quantitative estimate of drug-likeness (QED) is 0.646. The van der Waals surface area contributed by atoms with Crippen LogP contribution in [-0.4, -0.2) is 35.6 Å². The van der Waals surface area contributed by atoms with Crippen LogP contribution in [0.3, 0.4) is 0 Å². The number of anilines is 1. The van der Waals surface area contributed by atoms with Crippen molar-refractivity contribution in [1.82, 2.24) is 19.5 Å². The summed E-state index contributed by atoms with van der Waals surface area (Å²) in [6.45, 7) is -0.387. The van der Waals surface area contributed by atoms with Crippen molar-refractivity contribution in [3.8, 4) is 11.4 Å².